The van der Waals surface area contributed by atoms with Gasteiger partial charge in [-0.25, -0.2) is 0 Å². The van der Waals surface area contributed by atoms with Gasteiger partial charge in [0.1, 0.15) is 17.2 Å². The Morgan fingerprint density at radius 3 is 2.62 bits per heavy atom. The SMILES string of the molecule is CC(=O)Nc1cccc(Oc2ccc(N)c([N+](=O)[O-])c2)c1. The van der Waals surface area contributed by atoms with Crippen molar-refractivity contribution in [3.8, 4) is 11.5 Å². The van der Waals surface area contributed by atoms with Crippen LogP contribution < -0.4 is 15.8 Å². The molecule has 0 atom stereocenters. The lowest BCUT2D eigenvalue weighted by molar-refractivity contribution is -0.384. The number of nitrogens with one attached hydrogen (secondary N) is 1. The molecule has 0 bridgehead atoms. The van der Waals surface area contributed by atoms with E-state index in [1.54, 1.807) is 24.3 Å². The lowest BCUT2D eigenvalue weighted by atomic mass is 10.2. The van der Waals surface area contributed by atoms with Crippen LogP contribution in [0, 0.1) is 10.1 Å². The Bertz CT molecular complexity index is 700. The first-order valence-electron chi connectivity index (χ1n) is 6.05. The first-order valence-corrected chi connectivity index (χ1v) is 6.05. The fraction of sp³-hybridized carbons (Fsp3) is 0.0714. The number of hydrogen-bond acceptors (Lipinski definition) is 5. The number of nitrogen functional groups attached to an aromatic ring is 1. The van der Waals surface area contributed by atoms with E-state index in [0.29, 0.717) is 11.4 Å². The average Bonchev–Trinajstić information content (AvgIpc) is 2.40. The number of carbonyl (C=O) groups is 1. The second kappa shape index (κ2) is 5.91. The van der Waals surface area contributed by atoms with Crippen molar-refractivity contribution >= 4 is 23.0 Å². The standard InChI is InChI=1S/C14H13N3O4/c1-9(18)16-10-3-2-4-11(7-10)21-12-5-6-13(15)14(8-12)17(19)20/h2-8H,15H2,1H3,(H,16,18). The number of ether oxygens (including phenoxy) is 1. The number of carbonyl (C=O) groups excluding carboxylic acids is 1. The zero-order valence-electron chi connectivity index (χ0n) is 11.2. The molecule has 0 heterocycles. The number of nitro benzene ring substituents is 1. The minimum atomic E-state index is -0.573. The first kappa shape index (κ1) is 14.3. The molecular formula is C14H13N3O4. The molecule has 0 aromatic heterocycles. The van der Waals surface area contributed by atoms with Crippen molar-refractivity contribution in [2.75, 3.05) is 11.1 Å². The smallest absolute Gasteiger partial charge is 0.295 e. The number of hydrogen-bond donors (Lipinski definition) is 2. The van der Waals surface area contributed by atoms with E-state index in [0.717, 1.165) is 0 Å². The number of nitrogens with zero attached hydrogens (tertiary/aromatic N) is 1. The van der Waals surface area contributed by atoms with Crippen LogP contribution in [0.15, 0.2) is 42.5 Å². The van der Waals surface area contributed by atoms with E-state index in [2.05, 4.69) is 5.32 Å². The fourth-order valence-corrected chi connectivity index (χ4v) is 1.72. The van der Waals surface area contributed by atoms with Crippen molar-refractivity contribution in [2.24, 2.45) is 0 Å². The lowest BCUT2D eigenvalue weighted by Crippen LogP contribution is -2.05. The summed E-state index contributed by atoms with van der Waals surface area (Å²) in [7, 11) is 0. The summed E-state index contributed by atoms with van der Waals surface area (Å²) in [4.78, 5) is 21.2. The molecule has 0 unspecified atom stereocenters. The molecular weight excluding hydrogens is 274 g/mol. The molecule has 7 heteroatoms. The van der Waals surface area contributed by atoms with Crippen molar-refractivity contribution in [1.82, 2.24) is 0 Å². The van der Waals surface area contributed by atoms with Crippen LogP contribution in [-0.4, -0.2) is 10.8 Å². The molecule has 0 fully saturated rings. The van der Waals surface area contributed by atoms with Gasteiger partial charge in [0.05, 0.1) is 11.0 Å². The summed E-state index contributed by atoms with van der Waals surface area (Å²) in [6.07, 6.45) is 0. The van der Waals surface area contributed by atoms with Crippen LogP contribution >= 0.6 is 0 Å². The van der Waals surface area contributed by atoms with E-state index in [4.69, 9.17) is 10.5 Å². The summed E-state index contributed by atoms with van der Waals surface area (Å²) in [5.41, 5.74) is 5.94. The Morgan fingerprint density at radius 2 is 1.95 bits per heavy atom. The van der Waals surface area contributed by atoms with Crippen LogP contribution in [0.4, 0.5) is 17.1 Å². The van der Waals surface area contributed by atoms with Crippen molar-refractivity contribution < 1.29 is 14.5 Å². The Labute approximate surface area is 120 Å². The number of amides is 1. The summed E-state index contributed by atoms with van der Waals surface area (Å²) in [5, 5.41) is 13.4. The Kier molecular flexibility index (Phi) is 4.03. The highest BCUT2D eigenvalue weighted by Crippen LogP contribution is 2.30. The highest BCUT2D eigenvalue weighted by molar-refractivity contribution is 5.88. The number of benzene rings is 2. The monoisotopic (exact) mass is 287 g/mol. The zero-order chi connectivity index (χ0) is 15.4. The van der Waals surface area contributed by atoms with Crippen molar-refractivity contribution in [2.45, 2.75) is 6.92 Å². The highest BCUT2D eigenvalue weighted by Gasteiger charge is 2.13. The second-order valence-corrected chi connectivity index (χ2v) is 4.29. The minimum Gasteiger partial charge on any atom is -0.457 e. The van der Waals surface area contributed by atoms with Gasteiger partial charge in [0, 0.05) is 18.7 Å². The molecule has 3 N–H and O–H groups in total. The zero-order valence-corrected chi connectivity index (χ0v) is 11.2. The predicted molar refractivity (Wildman–Crippen MR) is 78.3 cm³/mol. The lowest BCUT2D eigenvalue weighted by Gasteiger charge is -2.08. The molecule has 0 spiro atoms. The molecule has 7 nitrogen and oxygen atoms in total. The third-order valence-electron chi connectivity index (χ3n) is 2.59. The topological polar surface area (TPSA) is 107 Å². The third kappa shape index (κ3) is 3.69. The van der Waals surface area contributed by atoms with E-state index in [-0.39, 0.29) is 23.0 Å². The Morgan fingerprint density at radius 1 is 1.24 bits per heavy atom. The van der Waals surface area contributed by atoms with Gasteiger partial charge in [0.2, 0.25) is 5.91 Å². The van der Waals surface area contributed by atoms with Gasteiger partial charge < -0.3 is 15.8 Å². The summed E-state index contributed by atoms with van der Waals surface area (Å²) in [6, 6.07) is 10.9. The number of nitro groups is 1. The van der Waals surface area contributed by atoms with Crippen LogP contribution in [0.1, 0.15) is 6.92 Å². The van der Waals surface area contributed by atoms with Crippen molar-refractivity contribution in [3.05, 3.63) is 52.6 Å². The van der Waals surface area contributed by atoms with E-state index >= 15 is 0 Å². The molecule has 21 heavy (non-hydrogen) atoms. The molecule has 108 valence electrons. The first-order chi connectivity index (χ1) is 9.95. The quantitative estimate of drug-likeness (QED) is 0.510. The summed E-state index contributed by atoms with van der Waals surface area (Å²) in [5.74, 6) is 0.534. The van der Waals surface area contributed by atoms with Crippen LogP contribution in [0.3, 0.4) is 0 Å². The van der Waals surface area contributed by atoms with Gasteiger partial charge in [0.15, 0.2) is 0 Å². The molecule has 0 saturated carbocycles. The van der Waals surface area contributed by atoms with Gasteiger partial charge in [0.25, 0.3) is 5.69 Å². The van der Waals surface area contributed by atoms with E-state index < -0.39 is 4.92 Å². The van der Waals surface area contributed by atoms with Gasteiger partial charge >= 0.3 is 0 Å². The molecule has 1 amide bonds. The Balaban J connectivity index is 2.24. The summed E-state index contributed by atoms with van der Waals surface area (Å²) < 4.78 is 5.54. The summed E-state index contributed by atoms with van der Waals surface area (Å²) in [6.45, 7) is 1.40. The maximum absolute atomic E-state index is 11.0. The normalized spacial score (nSPS) is 9.95. The molecule has 2 aromatic carbocycles. The molecule has 2 rings (SSSR count). The maximum Gasteiger partial charge on any atom is 0.295 e. The van der Waals surface area contributed by atoms with Crippen LogP contribution in [0.25, 0.3) is 0 Å². The third-order valence-corrected chi connectivity index (χ3v) is 2.59. The van der Waals surface area contributed by atoms with Crippen LogP contribution in [0.5, 0.6) is 11.5 Å². The molecule has 0 aliphatic rings. The minimum absolute atomic E-state index is 0.0688. The number of nitrogens with two attached hydrogens (primary N) is 1. The van der Waals surface area contributed by atoms with E-state index in [1.165, 1.54) is 25.1 Å². The summed E-state index contributed by atoms with van der Waals surface area (Å²) >= 11 is 0. The van der Waals surface area contributed by atoms with Crippen LogP contribution in [-0.2, 0) is 4.79 Å². The maximum atomic E-state index is 11.0. The van der Waals surface area contributed by atoms with Gasteiger partial charge in [-0.1, -0.05) is 6.07 Å². The van der Waals surface area contributed by atoms with E-state index in [1.807, 2.05) is 0 Å². The predicted octanol–water partition coefficient (Wildman–Crippen LogP) is 2.93. The van der Waals surface area contributed by atoms with Gasteiger partial charge in [-0.15, -0.1) is 0 Å². The average molecular weight is 287 g/mol. The number of rotatable bonds is 4. The van der Waals surface area contributed by atoms with Gasteiger partial charge in [-0.2, -0.15) is 0 Å². The molecule has 0 aliphatic carbocycles. The molecule has 2 aromatic rings. The van der Waals surface area contributed by atoms with Crippen molar-refractivity contribution in [3.63, 3.8) is 0 Å². The fourth-order valence-electron chi connectivity index (χ4n) is 1.72. The largest absolute Gasteiger partial charge is 0.457 e. The van der Waals surface area contributed by atoms with Crippen LogP contribution in [0.2, 0.25) is 0 Å². The van der Waals surface area contributed by atoms with Crippen molar-refractivity contribution in [1.29, 1.82) is 0 Å². The molecule has 0 radical (unpaired) electrons. The Hall–Kier alpha value is -3.09. The van der Waals surface area contributed by atoms with Gasteiger partial charge in [-0.05, 0) is 24.3 Å². The van der Waals surface area contributed by atoms with E-state index in [9.17, 15) is 14.9 Å². The number of anilines is 2. The molecule has 0 aliphatic heterocycles. The highest BCUT2D eigenvalue weighted by atomic mass is 16.6. The molecule has 0 saturated heterocycles. The van der Waals surface area contributed by atoms with Gasteiger partial charge in [-0.3, -0.25) is 14.9 Å². The second-order valence-electron chi connectivity index (χ2n) is 4.29.